The summed E-state index contributed by atoms with van der Waals surface area (Å²) in [5.74, 6) is 0.507. The second kappa shape index (κ2) is 7.17. The zero-order valence-electron chi connectivity index (χ0n) is 14.2. The Hall–Kier alpha value is -1.51. The Labute approximate surface area is 134 Å². The van der Waals surface area contributed by atoms with E-state index in [1.165, 1.54) is 36.9 Å². The molecular weight excluding hydrogens is 272 g/mol. The van der Waals surface area contributed by atoms with Crippen LogP contribution in [0.5, 0.6) is 0 Å². The van der Waals surface area contributed by atoms with Crippen molar-refractivity contribution in [3.63, 3.8) is 0 Å². The van der Waals surface area contributed by atoms with E-state index in [1.807, 2.05) is 0 Å². The van der Waals surface area contributed by atoms with Crippen molar-refractivity contribution in [3.05, 3.63) is 29.8 Å². The SMILES string of the molecule is CC(C)(C)c1ccc(NC2CCC(CCC(N)=O)CC2)cc1. The van der Waals surface area contributed by atoms with Crippen LogP contribution in [0.15, 0.2) is 24.3 Å². The molecule has 1 aromatic carbocycles. The van der Waals surface area contributed by atoms with Crippen molar-refractivity contribution >= 4 is 11.6 Å². The third-order valence-corrected chi connectivity index (χ3v) is 4.77. The lowest BCUT2D eigenvalue weighted by Gasteiger charge is -2.30. The maximum absolute atomic E-state index is 10.9. The summed E-state index contributed by atoms with van der Waals surface area (Å²) in [5, 5.41) is 3.65. The molecule has 3 nitrogen and oxygen atoms in total. The van der Waals surface area contributed by atoms with Gasteiger partial charge in [0.1, 0.15) is 0 Å². The predicted molar refractivity (Wildman–Crippen MR) is 92.9 cm³/mol. The molecule has 0 bridgehead atoms. The van der Waals surface area contributed by atoms with Crippen molar-refractivity contribution in [1.82, 2.24) is 0 Å². The largest absolute Gasteiger partial charge is 0.382 e. The van der Waals surface area contributed by atoms with Gasteiger partial charge in [-0.15, -0.1) is 0 Å². The van der Waals surface area contributed by atoms with Crippen LogP contribution in [0.4, 0.5) is 5.69 Å². The van der Waals surface area contributed by atoms with E-state index >= 15 is 0 Å². The standard InChI is InChI=1S/C19H30N2O/c1-19(2,3)15-7-11-17(12-8-15)21-16-9-4-14(5-10-16)6-13-18(20)22/h7-8,11-12,14,16,21H,4-6,9-10,13H2,1-3H3,(H2,20,22). The number of rotatable bonds is 5. The Morgan fingerprint density at radius 2 is 1.73 bits per heavy atom. The quantitative estimate of drug-likeness (QED) is 0.855. The van der Waals surface area contributed by atoms with Gasteiger partial charge in [0.15, 0.2) is 0 Å². The van der Waals surface area contributed by atoms with Crippen molar-refractivity contribution in [2.45, 2.75) is 70.8 Å². The van der Waals surface area contributed by atoms with E-state index in [-0.39, 0.29) is 11.3 Å². The van der Waals surface area contributed by atoms with Crippen LogP contribution in [0.3, 0.4) is 0 Å². The van der Waals surface area contributed by atoms with Crippen molar-refractivity contribution in [2.24, 2.45) is 11.7 Å². The Morgan fingerprint density at radius 3 is 2.23 bits per heavy atom. The summed E-state index contributed by atoms with van der Waals surface area (Å²) >= 11 is 0. The van der Waals surface area contributed by atoms with Gasteiger partial charge >= 0.3 is 0 Å². The molecule has 1 aromatic rings. The second-order valence-electron chi connectivity index (χ2n) is 7.69. The molecule has 122 valence electrons. The number of carbonyl (C=O) groups is 1. The van der Waals surface area contributed by atoms with Gasteiger partial charge in [0.25, 0.3) is 0 Å². The number of primary amides is 1. The van der Waals surface area contributed by atoms with Gasteiger partial charge in [-0.25, -0.2) is 0 Å². The minimum atomic E-state index is -0.167. The molecule has 1 fully saturated rings. The van der Waals surface area contributed by atoms with E-state index in [0.717, 1.165) is 6.42 Å². The molecule has 22 heavy (non-hydrogen) atoms. The number of hydrogen-bond donors (Lipinski definition) is 2. The van der Waals surface area contributed by atoms with Crippen LogP contribution in [0, 0.1) is 5.92 Å². The van der Waals surface area contributed by atoms with Crippen molar-refractivity contribution in [3.8, 4) is 0 Å². The highest BCUT2D eigenvalue weighted by Gasteiger charge is 2.21. The Kier molecular flexibility index (Phi) is 5.49. The van der Waals surface area contributed by atoms with Crippen molar-refractivity contribution in [1.29, 1.82) is 0 Å². The molecule has 0 radical (unpaired) electrons. The molecular formula is C19H30N2O. The van der Waals surface area contributed by atoms with Gasteiger partial charge in [0.05, 0.1) is 0 Å². The first kappa shape index (κ1) is 16.9. The fourth-order valence-electron chi connectivity index (χ4n) is 3.24. The second-order valence-corrected chi connectivity index (χ2v) is 7.69. The first-order valence-electron chi connectivity index (χ1n) is 8.50. The molecule has 1 aliphatic carbocycles. The van der Waals surface area contributed by atoms with Crippen molar-refractivity contribution < 1.29 is 4.79 Å². The Morgan fingerprint density at radius 1 is 1.14 bits per heavy atom. The lowest BCUT2D eigenvalue weighted by Crippen LogP contribution is -2.26. The summed E-state index contributed by atoms with van der Waals surface area (Å²) in [5.41, 5.74) is 8.02. The smallest absolute Gasteiger partial charge is 0.217 e. The molecule has 1 amide bonds. The minimum Gasteiger partial charge on any atom is -0.382 e. The van der Waals surface area contributed by atoms with E-state index in [1.54, 1.807) is 0 Å². The number of nitrogens with two attached hydrogens (primary N) is 1. The monoisotopic (exact) mass is 302 g/mol. The molecule has 0 spiro atoms. The number of benzene rings is 1. The molecule has 2 rings (SSSR count). The van der Waals surface area contributed by atoms with Gasteiger partial charge in [0, 0.05) is 18.2 Å². The van der Waals surface area contributed by atoms with Gasteiger partial charge in [-0.2, -0.15) is 0 Å². The molecule has 3 heteroatoms. The number of carbonyl (C=O) groups excluding carboxylic acids is 1. The zero-order valence-corrected chi connectivity index (χ0v) is 14.2. The Bertz CT molecular complexity index is 479. The minimum absolute atomic E-state index is 0.167. The maximum atomic E-state index is 10.9. The molecule has 0 aromatic heterocycles. The summed E-state index contributed by atoms with van der Waals surface area (Å²) in [6.07, 6.45) is 6.27. The number of nitrogens with one attached hydrogen (secondary N) is 1. The molecule has 0 atom stereocenters. The van der Waals surface area contributed by atoms with Gasteiger partial charge in [-0.3, -0.25) is 4.79 Å². The van der Waals surface area contributed by atoms with Crippen LogP contribution < -0.4 is 11.1 Å². The third-order valence-electron chi connectivity index (χ3n) is 4.77. The molecule has 1 aliphatic rings. The van der Waals surface area contributed by atoms with Gasteiger partial charge in [-0.1, -0.05) is 32.9 Å². The molecule has 3 N–H and O–H groups in total. The maximum Gasteiger partial charge on any atom is 0.217 e. The highest BCUT2D eigenvalue weighted by molar-refractivity contribution is 5.73. The van der Waals surface area contributed by atoms with E-state index in [9.17, 15) is 4.79 Å². The molecule has 1 saturated carbocycles. The average Bonchev–Trinajstić information content (AvgIpc) is 2.46. The first-order chi connectivity index (χ1) is 10.3. The summed E-state index contributed by atoms with van der Waals surface area (Å²) in [7, 11) is 0. The molecule has 0 saturated heterocycles. The fourth-order valence-corrected chi connectivity index (χ4v) is 3.24. The lowest BCUT2D eigenvalue weighted by atomic mass is 9.83. The van der Waals surface area contributed by atoms with Gasteiger partial charge in [0.2, 0.25) is 5.91 Å². The zero-order chi connectivity index (χ0) is 16.2. The summed E-state index contributed by atoms with van der Waals surface area (Å²) < 4.78 is 0. The Balaban J connectivity index is 1.80. The van der Waals surface area contributed by atoms with E-state index in [4.69, 9.17) is 5.73 Å². The lowest BCUT2D eigenvalue weighted by molar-refractivity contribution is -0.118. The van der Waals surface area contributed by atoms with Crippen molar-refractivity contribution in [2.75, 3.05) is 5.32 Å². The molecule has 0 heterocycles. The third kappa shape index (κ3) is 5.04. The van der Waals surface area contributed by atoms with Gasteiger partial charge in [-0.05, 0) is 61.1 Å². The van der Waals surface area contributed by atoms with Crippen LogP contribution in [0.25, 0.3) is 0 Å². The first-order valence-corrected chi connectivity index (χ1v) is 8.50. The number of hydrogen-bond acceptors (Lipinski definition) is 2. The van der Waals surface area contributed by atoms with E-state index in [2.05, 4.69) is 50.4 Å². The van der Waals surface area contributed by atoms with Crippen LogP contribution in [0.2, 0.25) is 0 Å². The summed E-state index contributed by atoms with van der Waals surface area (Å²) in [4.78, 5) is 10.9. The molecule has 0 unspecified atom stereocenters. The molecule has 0 aliphatic heterocycles. The van der Waals surface area contributed by atoms with Crippen LogP contribution >= 0.6 is 0 Å². The topological polar surface area (TPSA) is 55.1 Å². The van der Waals surface area contributed by atoms with Gasteiger partial charge < -0.3 is 11.1 Å². The number of amides is 1. The van der Waals surface area contributed by atoms with E-state index in [0.29, 0.717) is 18.4 Å². The highest BCUT2D eigenvalue weighted by Crippen LogP contribution is 2.30. The highest BCUT2D eigenvalue weighted by atomic mass is 16.1. The van der Waals surface area contributed by atoms with E-state index < -0.39 is 0 Å². The van der Waals surface area contributed by atoms with Crippen LogP contribution in [-0.2, 0) is 10.2 Å². The normalized spacial score (nSPS) is 22.3. The van der Waals surface area contributed by atoms with Crippen LogP contribution in [-0.4, -0.2) is 11.9 Å². The summed E-state index contributed by atoms with van der Waals surface area (Å²) in [6, 6.07) is 9.39. The predicted octanol–water partition coefficient (Wildman–Crippen LogP) is 4.22. The number of anilines is 1. The fraction of sp³-hybridized carbons (Fsp3) is 0.632. The summed E-state index contributed by atoms with van der Waals surface area (Å²) in [6.45, 7) is 6.72. The van der Waals surface area contributed by atoms with Crippen LogP contribution in [0.1, 0.15) is 64.9 Å². The average molecular weight is 302 g/mol.